The lowest BCUT2D eigenvalue weighted by molar-refractivity contribution is -0.145. The van der Waals surface area contributed by atoms with Gasteiger partial charge in [-0.3, -0.25) is 4.79 Å². The smallest absolute Gasteiger partial charge is 0.308 e. The number of hydrogen-bond acceptors (Lipinski definition) is 2. The second-order valence-electron chi connectivity index (χ2n) is 4.84. The van der Waals surface area contributed by atoms with Gasteiger partial charge in [-0.15, -0.1) is 0 Å². The van der Waals surface area contributed by atoms with Crippen molar-refractivity contribution in [2.45, 2.75) is 34.6 Å². The summed E-state index contributed by atoms with van der Waals surface area (Å²) in [6, 6.07) is 5.95. The van der Waals surface area contributed by atoms with Crippen molar-refractivity contribution >= 4 is 11.7 Å². The third-order valence-electron chi connectivity index (χ3n) is 2.29. The minimum atomic E-state index is -0.757. The van der Waals surface area contributed by atoms with Gasteiger partial charge in [-0.05, 0) is 51.8 Å². The van der Waals surface area contributed by atoms with E-state index in [4.69, 9.17) is 10.8 Å². The van der Waals surface area contributed by atoms with Crippen molar-refractivity contribution in [3.8, 4) is 0 Å². The van der Waals surface area contributed by atoms with Gasteiger partial charge in [0.25, 0.3) is 0 Å². The number of carbonyl (C=O) groups is 1. The molecule has 0 heterocycles. The summed E-state index contributed by atoms with van der Waals surface area (Å²) in [4.78, 5) is 10.0. The quantitative estimate of drug-likeness (QED) is 0.664. The molecule has 0 aliphatic carbocycles. The largest absolute Gasteiger partial charge is 0.481 e. The molecular formula is C13H21NO2. The van der Waals surface area contributed by atoms with Crippen LogP contribution in [-0.4, -0.2) is 11.1 Å². The molecule has 0 amide bonds. The van der Waals surface area contributed by atoms with Crippen molar-refractivity contribution in [1.82, 2.24) is 0 Å². The molecule has 1 rings (SSSR count). The van der Waals surface area contributed by atoms with Crippen LogP contribution < -0.4 is 5.73 Å². The number of carboxylic acid groups (broad SMARTS) is 1. The number of aliphatic carboxylic acids is 1. The van der Waals surface area contributed by atoms with Gasteiger partial charge in [0, 0.05) is 5.69 Å². The van der Waals surface area contributed by atoms with E-state index in [1.165, 1.54) is 11.1 Å². The molecule has 0 atom stereocenters. The SMILES string of the molecule is CC(C)(C)C(=O)O.Cc1cccc(N)c1C. The fraction of sp³-hybridized carbons (Fsp3) is 0.462. The van der Waals surface area contributed by atoms with Crippen molar-refractivity contribution in [3.63, 3.8) is 0 Å². The second-order valence-corrected chi connectivity index (χ2v) is 4.84. The van der Waals surface area contributed by atoms with E-state index >= 15 is 0 Å². The van der Waals surface area contributed by atoms with Crippen molar-refractivity contribution < 1.29 is 9.90 Å². The Balaban J connectivity index is 0.000000293. The van der Waals surface area contributed by atoms with Gasteiger partial charge >= 0.3 is 5.97 Å². The van der Waals surface area contributed by atoms with Crippen molar-refractivity contribution in [2.24, 2.45) is 5.41 Å². The topological polar surface area (TPSA) is 63.3 Å². The van der Waals surface area contributed by atoms with Crippen LogP contribution in [0.4, 0.5) is 5.69 Å². The molecule has 1 aromatic rings. The highest BCUT2D eigenvalue weighted by atomic mass is 16.4. The Morgan fingerprint density at radius 1 is 1.25 bits per heavy atom. The number of carboxylic acids is 1. The normalized spacial score (nSPS) is 10.3. The Kier molecular flexibility index (Phi) is 5.02. The van der Waals surface area contributed by atoms with Crippen molar-refractivity contribution in [3.05, 3.63) is 29.3 Å². The predicted molar refractivity (Wildman–Crippen MR) is 67.4 cm³/mol. The number of nitrogen functional groups attached to an aromatic ring is 1. The standard InChI is InChI=1S/C8H11N.C5H10O2/c1-6-4-3-5-8(9)7(6)2;1-5(2,3)4(6)7/h3-5H,9H2,1-2H3;1-3H3,(H,6,7). The van der Waals surface area contributed by atoms with Crippen LogP contribution in [0.25, 0.3) is 0 Å². The fourth-order valence-electron chi connectivity index (χ4n) is 0.774. The van der Waals surface area contributed by atoms with Gasteiger partial charge in [-0.1, -0.05) is 12.1 Å². The van der Waals surface area contributed by atoms with E-state index in [1.807, 2.05) is 19.1 Å². The molecule has 0 fully saturated rings. The van der Waals surface area contributed by atoms with E-state index in [0.717, 1.165) is 5.69 Å². The number of aryl methyl sites for hydroxylation is 1. The molecule has 0 radical (unpaired) electrons. The van der Waals surface area contributed by atoms with Gasteiger partial charge in [0.05, 0.1) is 5.41 Å². The van der Waals surface area contributed by atoms with E-state index in [1.54, 1.807) is 20.8 Å². The Morgan fingerprint density at radius 3 is 1.94 bits per heavy atom. The average Bonchev–Trinajstić information content (AvgIpc) is 2.13. The summed E-state index contributed by atoms with van der Waals surface area (Å²) in [6.45, 7) is 9.08. The van der Waals surface area contributed by atoms with E-state index in [2.05, 4.69) is 13.0 Å². The first kappa shape index (κ1) is 14.5. The Labute approximate surface area is 97.3 Å². The minimum absolute atomic E-state index is 0.583. The molecule has 0 saturated heterocycles. The Bertz CT molecular complexity index is 344. The lowest BCUT2D eigenvalue weighted by Gasteiger charge is -2.08. The number of rotatable bonds is 0. The van der Waals surface area contributed by atoms with Gasteiger partial charge in [0.1, 0.15) is 0 Å². The highest BCUT2D eigenvalue weighted by Gasteiger charge is 2.18. The monoisotopic (exact) mass is 223 g/mol. The summed E-state index contributed by atoms with van der Waals surface area (Å²) >= 11 is 0. The molecule has 1 aromatic carbocycles. The van der Waals surface area contributed by atoms with E-state index in [0.29, 0.717) is 0 Å². The third kappa shape index (κ3) is 4.82. The second kappa shape index (κ2) is 5.54. The van der Waals surface area contributed by atoms with Crippen molar-refractivity contribution in [1.29, 1.82) is 0 Å². The van der Waals surface area contributed by atoms with Crippen LogP contribution >= 0.6 is 0 Å². The van der Waals surface area contributed by atoms with E-state index in [9.17, 15) is 4.79 Å². The lowest BCUT2D eigenvalue weighted by Crippen LogP contribution is -2.18. The first-order valence-electron chi connectivity index (χ1n) is 5.21. The Hall–Kier alpha value is -1.51. The molecule has 0 unspecified atom stereocenters. The maximum atomic E-state index is 10.0. The molecule has 3 nitrogen and oxygen atoms in total. The molecule has 3 N–H and O–H groups in total. The number of benzene rings is 1. The van der Waals surface area contributed by atoms with Crippen LogP contribution in [0.1, 0.15) is 31.9 Å². The zero-order valence-electron chi connectivity index (χ0n) is 10.7. The minimum Gasteiger partial charge on any atom is -0.481 e. The third-order valence-corrected chi connectivity index (χ3v) is 2.29. The van der Waals surface area contributed by atoms with Crippen LogP contribution in [-0.2, 0) is 4.79 Å². The number of anilines is 1. The molecule has 3 heteroatoms. The molecule has 90 valence electrons. The maximum absolute atomic E-state index is 10.0. The first-order valence-corrected chi connectivity index (χ1v) is 5.21. The molecule has 0 aliphatic heterocycles. The zero-order chi connectivity index (χ0) is 12.9. The fourth-order valence-corrected chi connectivity index (χ4v) is 0.774. The summed E-state index contributed by atoms with van der Waals surface area (Å²) < 4.78 is 0. The Morgan fingerprint density at radius 2 is 1.69 bits per heavy atom. The summed E-state index contributed by atoms with van der Waals surface area (Å²) in [5, 5.41) is 8.25. The van der Waals surface area contributed by atoms with Crippen LogP contribution in [0.15, 0.2) is 18.2 Å². The molecule has 0 saturated carbocycles. The summed E-state index contributed by atoms with van der Waals surface area (Å²) in [5.74, 6) is -0.757. The summed E-state index contributed by atoms with van der Waals surface area (Å²) in [5.41, 5.74) is 8.37. The molecule has 0 aromatic heterocycles. The molecule has 0 bridgehead atoms. The summed E-state index contributed by atoms with van der Waals surface area (Å²) in [7, 11) is 0. The average molecular weight is 223 g/mol. The van der Waals surface area contributed by atoms with Gasteiger partial charge in [-0.2, -0.15) is 0 Å². The molecule has 16 heavy (non-hydrogen) atoms. The maximum Gasteiger partial charge on any atom is 0.308 e. The predicted octanol–water partition coefficient (Wildman–Crippen LogP) is 3.00. The van der Waals surface area contributed by atoms with Crippen LogP contribution in [0.5, 0.6) is 0 Å². The van der Waals surface area contributed by atoms with Crippen LogP contribution in [0.3, 0.4) is 0 Å². The van der Waals surface area contributed by atoms with Gasteiger partial charge in [-0.25, -0.2) is 0 Å². The molecule has 0 aliphatic rings. The van der Waals surface area contributed by atoms with Crippen LogP contribution in [0.2, 0.25) is 0 Å². The molecular weight excluding hydrogens is 202 g/mol. The van der Waals surface area contributed by atoms with Gasteiger partial charge < -0.3 is 10.8 Å². The summed E-state index contributed by atoms with van der Waals surface area (Å²) in [6.07, 6.45) is 0. The lowest BCUT2D eigenvalue weighted by atomic mass is 9.98. The zero-order valence-corrected chi connectivity index (χ0v) is 10.7. The van der Waals surface area contributed by atoms with Gasteiger partial charge in [0.2, 0.25) is 0 Å². The van der Waals surface area contributed by atoms with Crippen LogP contribution in [0, 0.1) is 19.3 Å². The van der Waals surface area contributed by atoms with E-state index < -0.39 is 11.4 Å². The number of hydrogen-bond donors (Lipinski definition) is 2. The van der Waals surface area contributed by atoms with E-state index in [-0.39, 0.29) is 0 Å². The molecule has 0 spiro atoms. The first-order chi connectivity index (χ1) is 7.16. The van der Waals surface area contributed by atoms with Crippen molar-refractivity contribution in [2.75, 3.05) is 5.73 Å². The highest BCUT2D eigenvalue weighted by molar-refractivity contribution is 5.72. The number of nitrogens with two attached hydrogens (primary N) is 1. The highest BCUT2D eigenvalue weighted by Crippen LogP contribution is 2.13. The van der Waals surface area contributed by atoms with Gasteiger partial charge in [0.15, 0.2) is 0 Å².